The lowest BCUT2D eigenvalue weighted by atomic mass is 10.5. The molecule has 4 nitrogen and oxygen atoms in total. The molecule has 1 heterocycles. The molecule has 0 saturated carbocycles. The van der Waals surface area contributed by atoms with E-state index in [1.54, 1.807) is 13.0 Å². The van der Waals surface area contributed by atoms with Gasteiger partial charge < -0.3 is 4.52 Å². The number of amides is 1. The molecule has 1 N–H and O–H groups in total. The maximum atomic E-state index is 10.4. The summed E-state index contributed by atoms with van der Waals surface area (Å²) in [6.45, 7) is 7.20. The second kappa shape index (κ2) is 5.35. The van der Waals surface area contributed by atoms with Gasteiger partial charge in [-0.2, -0.15) is 0 Å². The van der Waals surface area contributed by atoms with Crippen LogP contribution in [0.15, 0.2) is 10.6 Å². The average Bonchev–Trinajstić information content (AvgIpc) is 2.39. The van der Waals surface area contributed by atoms with E-state index in [0.29, 0.717) is 5.88 Å². The fraction of sp³-hybridized carbons (Fsp3) is 0.500. The van der Waals surface area contributed by atoms with Crippen LogP contribution >= 0.6 is 0 Å². The van der Waals surface area contributed by atoms with Crippen molar-refractivity contribution in [3.63, 3.8) is 0 Å². The van der Waals surface area contributed by atoms with E-state index in [1.807, 2.05) is 13.8 Å². The number of nitrogens with one attached hydrogen (secondary N) is 1. The van der Waals surface area contributed by atoms with E-state index in [4.69, 9.17) is 4.52 Å². The normalized spacial score (nSPS) is 8.33. The van der Waals surface area contributed by atoms with Crippen LogP contribution in [0.3, 0.4) is 0 Å². The van der Waals surface area contributed by atoms with Crippen molar-refractivity contribution in [1.29, 1.82) is 0 Å². The lowest BCUT2D eigenvalue weighted by Gasteiger charge is -1.90. The first-order chi connectivity index (χ1) is 5.68. The van der Waals surface area contributed by atoms with Crippen molar-refractivity contribution in [3.05, 3.63) is 11.8 Å². The molecule has 1 aromatic heterocycles. The lowest BCUT2D eigenvalue weighted by Crippen LogP contribution is -2.04. The topological polar surface area (TPSA) is 55.1 Å². The molecule has 0 bridgehead atoms. The fourth-order valence-corrected chi connectivity index (χ4v) is 0.596. The molecule has 0 spiro atoms. The smallest absolute Gasteiger partial charge is 0.231 e. The highest BCUT2D eigenvalue weighted by Crippen LogP contribution is 2.07. The summed E-state index contributed by atoms with van der Waals surface area (Å²) in [5.74, 6) is 0.237. The zero-order valence-electron chi connectivity index (χ0n) is 7.84. The quantitative estimate of drug-likeness (QED) is 0.701. The summed E-state index contributed by atoms with van der Waals surface area (Å²) in [5.41, 5.74) is 0.753. The van der Waals surface area contributed by atoms with Crippen LogP contribution in [-0.4, -0.2) is 11.1 Å². The summed E-state index contributed by atoms with van der Waals surface area (Å²) in [7, 11) is 0. The molecule has 0 unspecified atom stereocenters. The van der Waals surface area contributed by atoms with Gasteiger partial charge in [0.2, 0.25) is 11.8 Å². The third kappa shape index (κ3) is 3.75. The van der Waals surface area contributed by atoms with Crippen LogP contribution in [0.5, 0.6) is 0 Å². The summed E-state index contributed by atoms with van der Waals surface area (Å²) >= 11 is 0. The largest absolute Gasteiger partial charge is 0.338 e. The van der Waals surface area contributed by atoms with Gasteiger partial charge in [0.25, 0.3) is 0 Å². The Labute approximate surface area is 71.9 Å². The van der Waals surface area contributed by atoms with Gasteiger partial charge >= 0.3 is 0 Å². The Balaban J connectivity index is 0.000000561. The molecule has 1 rings (SSSR count). The van der Waals surface area contributed by atoms with E-state index in [0.717, 1.165) is 5.69 Å². The minimum absolute atomic E-state index is 0.156. The van der Waals surface area contributed by atoms with Crippen LogP contribution in [-0.2, 0) is 4.79 Å². The molecule has 0 atom stereocenters. The predicted octanol–water partition coefficient (Wildman–Crippen LogP) is 1.97. The molecule has 0 aliphatic carbocycles. The highest BCUT2D eigenvalue weighted by atomic mass is 16.5. The second-order valence-electron chi connectivity index (χ2n) is 2.01. The predicted molar refractivity (Wildman–Crippen MR) is 46.9 cm³/mol. The molecule has 12 heavy (non-hydrogen) atoms. The standard InChI is InChI=1S/C6H8N2O2.C2H6/c1-4-3-6(10-8-4)7-5(2)9;1-2/h3H,1-2H3,(H,7,9);1-2H3. The van der Waals surface area contributed by atoms with Gasteiger partial charge in [0.15, 0.2) is 0 Å². The fourth-order valence-electron chi connectivity index (χ4n) is 0.596. The Kier molecular flexibility index (Phi) is 4.76. The van der Waals surface area contributed by atoms with E-state index in [-0.39, 0.29) is 5.91 Å². The zero-order valence-corrected chi connectivity index (χ0v) is 7.84. The summed E-state index contributed by atoms with van der Waals surface area (Å²) < 4.78 is 4.69. The van der Waals surface area contributed by atoms with E-state index >= 15 is 0 Å². The molecule has 1 amide bonds. The Morgan fingerprint density at radius 1 is 1.58 bits per heavy atom. The van der Waals surface area contributed by atoms with Crippen LogP contribution in [0.25, 0.3) is 0 Å². The number of aryl methyl sites for hydroxylation is 1. The van der Waals surface area contributed by atoms with E-state index in [9.17, 15) is 4.79 Å². The van der Waals surface area contributed by atoms with Gasteiger partial charge in [-0.1, -0.05) is 19.0 Å². The SMILES string of the molecule is CC.CC(=O)Nc1cc(C)no1. The summed E-state index contributed by atoms with van der Waals surface area (Å²) in [5, 5.41) is 6.04. The van der Waals surface area contributed by atoms with Gasteiger partial charge in [0, 0.05) is 13.0 Å². The van der Waals surface area contributed by atoms with Gasteiger partial charge in [-0.05, 0) is 6.92 Å². The number of hydrogen-bond donors (Lipinski definition) is 1. The number of carbonyl (C=O) groups excluding carboxylic acids is 1. The first-order valence-corrected chi connectivity index (χ1v) is 3.89. The van der Waals surface area contributed by atoms with Gasteiger partial charge in [-0.25, -0.2) is 0 Å². The Bertz CT molecular complexity index is 243. The second-order valence-corrected chi connectivity index (χ2v) is 2.01. The number of aromatic nitrogens is 1. The number of nitrogens with zero attached hydrogens (tertiary/aromatic N) is 1. The lowest BCUT2D eigenvalue weighted by molar-refractivity contribution is -0.114. The molecule has 0 aliphatic heterocycles. The maximum absolute atomic E-state index is 10.4. The van der Waals surface area contributed by atoms with Gasteiger partial charge in [-0.3, -0.25) is 10.1 Å². The Morgan fingerprint density at radius 2 is 2.17 bits per heavy atom. The van der Waals surface area contributed by atoms with Crippen LogP contribution in [0.4, 0.5) is 5.88 Å². The van der Waals surface area contributed by atoms with Crippen LogP contribution in [0.1, 0.15) is 26.5 Å². The first kappa shape index (κ1) is 10.7. The van der Waals surface area contributed by atoms with Crippen molar-refractivity contribution < 1.29 is 9.32 Å². The third-order valence-electron chi connectivity index (χ3n) is 0.927. The van der Waals surface area contributed by atoms with Crippen molar-refractivity contribution in [3.8, 4) is 0 Å². The van der Waals surface area contributed by atoms with E-state index in [1.165, 1.54) is 6.92 Å². The minimum atomic E-state index is -0.156. The molecular weight excluding hydrogens is 156 g/mol. The molecule has 1 aromatic rings. The van der Waals surface area contributed by atoms with Gasteiger partial charge in [0.1, 0.15) is 0 Å². The summed E-state index contributed by atoms with van der Waals surface area (Å²) in [6.07, 6.45) is 0. The molecule has 0 aliphatic rings. The van der Waals surface area contributed by atoms with Crippen molar-refractivity contribution >= 4 is 11.8 Å². The van der Waals surface area contributed by atoms with Crippen molar-refractivity contribution in [2.24, 2.45) is 0 Å². The molecule has 4 heteroatoms. The minimum Gasteiger partial charge on any atom is -0.338 e. The number of carbonyl (C=O) groups is 1. The highest BCUT2D eigenvalue weighted by Gasteiger charge is 1.99. The highest BCUT2D eigenvalue weighted by molar-refractivity contribution is 5.87. The van der Waals surface area contributed by atoms with Crippen molar-refractivity contribution in [1.82, 2.24) is 5.16 Å². The first-order valence-electron chi connectivity index (χ1n) is 3.89. The third-order valence-corrected chi connectivity index (χ3v) is 0.927. The van der Waals surface area contributed by atoms with Crippen LogP contribution in [0, 0.1) is 6.92 Å². The number of rotatable bonds is 1. The molecule has 0 fully saturated rings. The summed E-state index contributed by atoms with van der Waals surface area (Å²) in [4.78, 5) is 10.4. The Hall–Kier alpha value is -1.32. The van der Waals surface area contributed by atoms with Gasteiger partial charge in [0.05, 0.1) is 5.69 Å². The van der Waals surface area contributed by atoms with Gasteiger partial charge in [-0.15, -0.1) is 0 Å². The van der Waals surface area contributed by atoms with Crippen LogP contribution < -0.4 is 5.32 Å². The average molecular weight is 170 g/mol. The molecule has 0 radical (unpaired) electrons. The van der Waals surface area contributed by atoms with E-state index in [2.05, 4.69) is 10.5 Å². The molecular formula is C8H14N2O2. The molecule has 68 valence electrons. The van der Waals surface area contributed by atoms with Crippen molar-refractivity contribution in [2.45, 2.75) is 27.7 Å². The summed E-state index contributed by atoms with van der Waals surface area (Å²) in [6, 6.07) is 1.65. The number of anilines is 1. The Morgan fingerprint density at radius 3 is 2.50 bits per heavy atom. The van der Waals surface area contributed by atoms with Crippen molar-refractivity contribution in [2.75, 3.05) is 5.32 Å². The van der Waals surface area contributed by atoms with Crippen LogP contribution in [0.2, 0.25) is 0 Å². The maximum Gasteiger partial charge on any atom is 0.231 e. The monoisotopic (exact) mass is 170 g/mol. The number of hydrogen-bond acceptors (Lipinski definition) is 3. The van der Waals surface area contributed by atoms with E-state index < -0.39 is 0 Å². The molecule has 0 saturated heterocycles. The molecule has 0 aromatic carbocycles. The zero-order chi connectivity index (χ0) is 9.56.